The molecule has 0 spiro atoms. The maximum absolute atomic E-state index is 6.49. The van der Waals surface area contributed by atoms with Gasteiger partial charge >= 0.3 is 0 Å². The first-order valence-corrected chi connectivity index (χ1v) is 18.8. The third kappa shape index (κ3) is 4.08. The molecule has 0 saturated heterocycles. The van der Waals surface area contributed by atoms with Gasteiger partial charge in [0.2, 0.25) is 0 Å². The van der Waals surface area contributed by atoms with Crippen molar-refractivity contribution in [2.75, 3.05) is 9.80 Å². The number of anilines is 4. The Labute approximate surface area is 307 Å². The number of furan rings is 1. The number of nitrogens with zero attached hydrogens (tertiary/aromatic N) is 3. The number of hydrogen-bond acceptors (Lipinski definition) is 3. The SMILES string of the molecule is C1=CCC(N(c2ccccc2)c2cc3c4c(c2)-n2c5cc6c(cc5c5cccc(c52)B4c2ccccc2N3C2C=CC=CC2)oc2ccccc26)C=C1. The molecule has 250 valence electrons. The van der Waals surface area contributed by atoms with E-state index in [1.54, 1.807) is 0 Å². The third-order valence-corrected chi connectivity index (χ3v) is 11.9. The van der Waals surface area contributed by atoms with Crippen LogP contribution < -0.4 is 26.2 Å². The van der Waals surface area contributed by atoms with Gasteiger partial charge < -0.3 is 18.8 Å². The van der Waals surface area contributed by atoms with E-state index in [2.05, 4.69) is 184 Å². The zero-order chi connectivity index (χ0) is 34.6. The summed E-state index contributed by atoms with van der Waals surface area (Å²) in [5.74, 6) is 0. The van der Waals surface area contributed by atoms with Crippen LogP contribution in [0.15, 0.2) is 174 Å². The highest BCUT2D eigenvalue weighted by atomic mass is 16.3. The summed E-state index contributed by atoms with van der Waals surface area (Å²) in [5.41, 5.74) is 14.6. The highest BCUT2D eigenvalue weighted by Gasteiger charge is 2.43. The molecule has 2 aliphatic heterocycles. The molecule has 0 N–H and O–H groups in total. The summed E-state index contributed by atoms with van der Waals surface area (Å²) in [6.07, 6.45) is 20.0. The Morgan fingerprint density at radius 3 is 2.21 bits per heavy atom. The van der Waals surface area contributed by atoms with E-state index in [4.69, 9.17) is 4.42 Å². The van der Waals surface area contributed by atoms with Crippen molar-refractivity contribution in [2.45, 2.75) is 24.9 Å². The van der Waals surface area contributed by atoms with Crippen molar-refractivity contribution in [3.63, 3.8) is 0 Å². The maximum atomic E-state index is 6.49. The fourth-order valence-electron chi connectivity index (χ4n) is 9.78. The minimum Gasteiger partial charge on any atom is -0.456 e. The maximum Gasteiger partial charge on any atom is 0.252 e. The lowest BCUT2D eigenvalue weighted by Crippen LogP contribution is -2.62. The number of aromatic nitrogens is 1. The smallest absolute Gasteiger partial charge is 0.252 e. The summed E-state index contributed by atoms with van der Waals surface area (Å²) in [4.78, 5) is 5.18. The van der Waals surface area contributed by atoms with E-state index in [-0.39, 0.29) is 18.8 Å². The van der Waals surface area contributed by atoms with Gasteiger partial charge in [-0.1, -0.05) is 121 Å². The summed E-state index contributed by atoms with van der Waals surface area (Å²) in [5, 5.41) is 4.78. The molecule has 0 amide bonds. The van der Waals surface area contributed by atoms with Crippen LogP contribution in [-0.2, 0) is 0 Å². The zero-order valence-electron chi connectivity index (χ0n) is 29.1. The minimum absolute atomic E-state index is 0.0941. The van der Waals surface area contributed by atoms with Gasteiger partial charge in [-0.3, -0.25) is 0 Å². The predicted octanol–water partition coefficient (Wildman–Crippen LogP) is 9.87. The van der Waals surface area contributed by atoms with E-state index in [9.17, 15) is 0 Å². The molecule has 2 unspecified atom stereocenters. The van der Waals surface area contributed by atoms with Gasteiger partial charge in [-0.05, 0) is 77.8 Å². The molecule has 0 bridgehead atoms. The fraction of sp³-hybridized carbons (Fsp3) is 0.0833. The largest absolute Gasteiger partial charge is 0.456 e. The molecule has 2 aromatic heterocycles. The average Bonchev–Trinajstić information content (AvgIpc) is 3.75. The first-order chi connectivity index (χ1) is 26.3. The lowest BCUT2D eigenvalue weighted by atomic mass is 9.33. The van der Waals surface area contributed by atoms with Gasteiger partial charge in [-0.25, -0.2) is 0 Å². The molecule has 4 heterocycles. The lowest BCUT2D eigenvalue weighted by Gasteiger charge is -2.44. The fourth-order valence-corrected chi connectivity index (χ4v) is 9.78. The molecular weight excluding hydrogens is 645 g/mol. The summed E-state index contributed by atoms with van der Waals surface area (Å²) in [6, 6.07) is 45.4. The number of hydrogen-bond donors (Lipinski definition) is 0. The van der Waals surface area contributed by atoms with Crippen LogP contribution in [0.3, 0.4) is 0 Å². The van der Waals surface area contributed by atoms with Crippen LogP contribution in [0.1, 0.15) is 12.8 Å². The molecule has 2 aliphatic carbocycles. The zero-order valence-corrected chi connectivity index (χ0v) is 29.1. The van der Waals surface area contributed by atoms with Gasteiger partial charge in [0.15, 0.2) is 0 Å². The standard InChI is InChI=1S/C48H34BN3O/c1-4-15-31(16-5-1)50(32-17-6-2-7-18-32)34-27-43-47-44(28-34)52-42-29-38-35-21-10-13-26-45(35)53-46(38)30-37(42)36-22-14-24-40(48(36)52)49(47)39-23-11-12-25-41(39)51(43)33-19-8-3-9-20-33/h1-17,19,21-30,32-33H,18,20H2. The topological polar surface area (TPSA) is 24.6 Å². The number of rotatable bonds is 4. The van der Waals surface area contributed by atoms with Crippen LogP contribution in [0.2, 0.25) is 0 Å². The lowest BCUT2D eigenvalue weighted by molar-refractivity contribution is 0.669. The van der Waals surface area contributed by atoms with Crippen LogP contribution in [0.5, 0.6) is 0 Å². The van der Waals surface area contributed by atoms with Gasteiger partial charge in [-0.15, -0.1) is 0 Å². The third-order valence-electron chi connectivity index (χ3n) is 11.9. The molecule has 6 aromatic carbocycles. The molecule has 4 nitrogen and oxygen atoms in total. The van der Waals surface area contributed by atoms with Crippen molar-refractivity contribution in [2.24, 2.45) is 0 Å². The first-order valence-electron chi connectivity index (χ1n) is 18.8. The van der Waals surface area contributed by atoms with Crippen molar-refractivity contribution >= 4 is 89.6 Å². The van der Waals surface area contributed by atoms with Gasteiger partial charge in [0, 0.05) is 55.5 Å². The Hall–Kier alpha value is -6.46. The Bertz CT molecular complexity index is 2950. The van der Waals surface area contributed by atoms with Crippen LogP contribution in [-0.4, -0.2) is 23.4 Å². The van der Waals surface area contributed by atoms with Crippen molar-refractivity contribution in [1.29, 1.82) is 0 Å². The molecule has 12 rings (SSSR count). The molecule has 5 heteroatoms. The van der Waals surface area contributed by atoms with Gasteiger partial charge in [0.05, 0.1) is 17.6 Å². The number of fused-ring (bicyclic) bond motifs is 10. The molecule has 53 heavy (non-hydrogen) atoms. The average molecular weight is 680 g/mol. The summed E-state index contributed by atoms with van der Waals surface area (Å²) >= 11 is 0. The molecule has 0 saturated carbocycles. The molecule has 0 radical (unpaired) electrons. The molecular formula is C48H34BN3O. The van der Waals surface area contributed by atoms with Crippen molar-refractivity contribution in [3.05, 3.63) is 170 Å². The summed E-state index contributed by atoms with van der Waals surface area (Å²) in [7, 11) is 0. The highest BCUT2D eigenvalue weighted by Crippen LogP contribution is 2.45. The second-order valence-electron chi connectivity index (χ2n) is 14.7. The summed E-state index contributed by atoms with van der Waals surface area (Å²) < 4.78 is 9.07. The minimum atomic E-state index is 0.0941. The second kappa shape index (κ2) is 11.0. The molecule has 4 aliphatic rings. The Kier molecular flexibility index (Phi) is 6.06. The van der Waals surface area contributed by atoms with Crippen molar-refractivity contribution in [3.8, 4) is 5.69 Å². The van der Waals surface area contributed by atoms with Crippen LogP contribution in [0.25, 0.3) is 49.4 Å². The Balaban J connectivity index is 1.23. The van der Waals surface area contributed by atoms with Crippen LogP contribution in [0, 0.1) is 0 Å². The molecule has 0 fully saturated rings. The first kappa shape index (κ1) is 29.2. The van der Waals surface area contributed by atoms with E-state index in [0.29, 0.717) is 0 Å². The number of allylic oxidation sites excluding steroid dienone is 4. The van der Waals surface area contributed by atoms with Crippen LogP contribution >= 0.6 is 0 Å². The second-order valence-corrected chi connectivity index (χ2v) is 14.7. The quantitative estimate of drug-likeness (QED) is 0.173. The van der Waals surface area contributed by atoms with Gasteiger partial charge in [0.1, 0.15) is 11.2 Å². The van der Waals surface area contributed by atoms with Gasteiger partial charge in [0.25, 0.3) is 6.71 Å². The van der Waals surface area contributed by atoms with Crippen molar-refractivity contribution in [1.82, 2.24) is 4.57 Å². The molecule has 2 atom stereocenters. The van der Waals surface area contributed by atoms with E-state index >= 15 is 0 Å². The number of para-hydroxylation sites is 4. The van der Waals surface area contributed by atoms with Crippen LogP contribution in [0.4, 0.5) is 22.7 Å². The summed E-state index contributed by atoms with van der Waals surface area (Å²) in [6.45, 7) is 0.0941. The highest BCUT2D eigenvalue weighted by molar-refractivity contribution is 7.00. The predicted molar refractivity (Wildman–Crippen MR) is 223 cm³/mol. The Morgan fingerprint density at radius 1 is 0.566 bits per heavy atom. The number of benzene rings is 6. The van der Waals surface area contributed by atoms with E-state index in [1.807, 2.05) is 0 Å². The monoisotopic (exact) mass is 679 g/mol. The van der Waals surface area contributed by atoms with Crippen molar-refractivity contribution < 1.29 is 4.42 Å². The van der Waals surface area contributed by atoms with Gasteiger partial charge in [-0.2, -0.15) is 0 Å². The molecule has 8 aromatic rings. The normalized spacial score (nSPS) is 18.0. The van der Waals surface area contributed by atoms with E-state index < -0.39 is 0 Å². The Morgan fingerprint density at radius 2 is 1.34 bits per heavy atom. The van der Waals surface area contributed by atoms with E-state index in [0.717, 1.165) is 34.8 Å². The van der Waals surface area contributed by atoms with E-state index in [1.165, 1.54) is 66.6 Å².